The first-order valence-electron chi connectivity index (χ1n) is 12.2. The number of benzene rings is 2. The number of amides is 2. The number of H-pyrrole nitrogens is 1. The highest BCUT2D eigenvalue weighted by molar-refractivity contribution is 9.10. The first-order valence-corrected chi connectivity index (χ1v) is 13.0. The first-order chi connectivity index (χ1) is 16.6. The Morgan fingerprint density at radius 3 is 2.65 bits per heavy atom. The molecule has 0 radical (unpaired) electrons. The summed E-state index contributed by atoms with van der Waals surface area (Å²) in [5.41, 5.74) is 5.69. The van der Waals surface area contributed by atoms with Gasteiger partial charge in [-0.2, -0.15) is 0 Å². The summed E-state index contributed by atoms with van der Waals surface area (Å²) in [5, 5.41) is 1.14. The number of hydrogen-bond donors (Lipinski definition) is 1. The molecule has 1 aliphatic carbocycles. The predicted octanol–water partition coefficient (Wildman–Crippen LogP) is 5.51. The Hall–Kier alpha value is -2.86. The zero-order valence-corrected chi connectivity index (χ0v) is 20.7. The fraction of sp³-hybridized carbons (Fsp3) is 0.357. The van der Waals surface area contributed by atoms with Crippen molar-refractivity contribution in [2.24, 2.45) is 0 Å². The molecule has 2 aromatic carbocycles. The Morgan fingerprint density at radius 1 is 1.03 bits per heavy atom. The van der Waals surface area contributed by atoms with E-state index in [4.69, 9.17) is 0 Å². The van der Waals surface area contributed by atoms with E-state index in [-0.39, 0.29) is 24.4 Å². The average Bonchev–Trinajstić information content (AvgIpc) is 3.24. The second-order valence-electron chi connectivity index (χ2n) is 9.66. The summed E-state index contributed by atoms with van der Waals surface area (Å²) >= 11 is 3.52. The van der Waals surface area contributed by atoms with Crippen LogP contribution in [0.5, 0.6) is 0 Å². The van der Waals surface area contributed by atoms with E-state index < -0.39 is 6.04 Å². The molecule has 5 nitrogen and oxygen atoms in total. The van der Waals surface area contributed by atoms with Gasteiger partial charge in [0.2, 0.25) is 11.8 Å². The number of aromatic nitrogens is 1. The SMILES string of the molecule is O=C1[C@@H]2Cc3c([nH]c4ccccc34)C(c3ccc(Br)cc3)N2C(=O)CN1CCC1=CCCCC1. The number of fused-ring (bicyclic) bond motifs is 4. The third kappa shape index (κ3) is 3.68. The molecular weight excluding hydrogens is 490 g/mol. The average molecular weight is 518 g/mol. The van der Waals surface area contributed by atoms with Crippen molar-refractivity contribution < 1.29 is 9.59 Å². The molecule has 1 fully saturated rings. The maximum atomic E-state index is 13.8. The highest BCUT2D eigenvalue weighted by Gasteiger charge is 2.48. The Kier molecular flexibility index (Phi) is 5.56. The molecule has 1 saturated heterocycles. The zero-order valence-electron chi connectivity index (χ0n) is 19.1. The summed E-state index contributed by atoms with van der Waals surface area (Å²) in [5.74, 6) is 0.105. The summed E-state index contributed by atoms with van der Waals surface area (Å²) < 4.78 is 0.990. The molecule has 3 heterocycles. The lowest BCUT2D eigenvalue weighted by atomic mass is 9.86. The van der Waals surface area contributed by atoms with Crippen molar-refractivity contribution in [3.63, 3.8) is 0 Å². The minimum Gasteiger partial charge on any atom is -0.356 e. The van der Waals surface area contributed by atoms with E-state index in [1.807, 2.05) is 41.3 Å². The normalized spacial score (nSPS) is 22.6. The van der Waals surface area contributed by atoms with Crippen molar-refractivity contribution in [3.8, 4) is 0 Å². The number of nitrogens with zero attached hydrogens (tertiary/aromatic N) is 2. The van der Waals surface area contributed by atoms with E-state index in [1.54, 1.807) is 4.90 Å². The second-order valence-corrected chi connectivity index (χ2v) is 10.6. The summed E-state index contributed by atoms with van der Waals surface area (Å²) in [6.45, 7) is 0.787. The number of piperazine rings is 1. The second kappa shape index (κ2) is 8.73. The van der Waals surface area contributed by atoms with Crippen molar-refractivity contribution in [2.75, 3.05) is 13.1 Å². The molecule has 0 bridgehead atoms. The molecule has 174 valence electrons. The maximum Gasteiger partial charge on any atom is 0.246 e. The van der Waals surface area contributed by atoms with Crippen LogP contribution in [0.15, 0.2) is 64.7 Å². The van der Waals surface area contributed by atoms with Crippen LogP contribution in [0.4, 0.5) is 0 Å². The van der Waals surface area contributed by atoms with Gasteiger partial charge in [0, 0.05) is 34.0 Å². The summed E-state index contributed by atoms with van der Waals surface area (Å²) in [6.07, 6.45) is 8.50. The van der Waals surface area contributed by atoms with Crippen LogP contribution in [0.1, 0.15) is 55.0 Å². The summed E-state index contributed by atoms with van der Waals surface area (Å²) in [4.78, 5) is 34.6. The minimum atomic E-state index is -0.470. The van der Waals surface area contributed by atoms with E-state index in [1.165, 1.54) is 18.4 Å². The van der Waals surface area contributed by atoms with Crippen LogP contribution in [-0.2, 0) is 16.0 Å². The van der Waals surface area contributed by atoms with Crippen LogP contribution >= 0.6 is 15.9 Å². The molecule has 1 aromatic heterocycles. The quantitative estimate of drug-likeness (QED) is 0.464. The third-order valence-electron chi connectivity index (χ3n) is 7.62. The Morgan fingerprint density at radius 2 is 1.85 bits per heavy atom. The van der Waals surface area contributed by atoms with Gasteiger partial charge in [-0.05, 0) is 61.4 Å². The van der Waals surface area contributed by atoms with Crippen molar-refractivity contribution >= 4 is 38.6 Å². The number of nitrogens with one attached hydrogen (secondary N) is 1. The lowest BCUT2D eigenvalue weighted by Crippen LogP contribution is -2.63. The molecule has 6 rings (SSSR count). The molecule has 0 spiro atoms. The van der Waals surface area contributed by atoms with Gasteiger partial charge in [0.1, 0.15) is 6.04 Å². The number of rotatable bonds is 4. The topological polar surface area (TPSA) is 56.4 Å². The molecule has 2 aliphatic heterocycles. The maximum absolute atomic E-state index is 13.8. The van der Waals surface area contributed by atoms with Gasteiger partial charge in [0.15, 0.2) is 0 Å². The van der Waals surface area contributed by atoms with Gasteiger partial charge >= 0.3 is 0 Å². The number of carbonyl (C=O) groups excluding carboxylic acids is 2. The lowest BCUT2D eigenvalue weighted by molar-refractivity contribution is -0.158. The van der Waals surface area contributed by atoms with Crippen LogP contribution < -0.4 is 0 Å². The standard InChI is InChI=1S/C28H28BrN3O2/c29-20-12-10-19(11-13-20)27-26-22(21-8-4-5-9-23(21)30-26)16-24-28(34)31(17-25(33)32(24)27)15-14-18-6-2-1-3-7-18/h4-6,8-13,24,27,30H,1-3,7,14-17H2/t24-,27?/m0/s1. The van der Waals surface area contributed by atoms with Crippen LogP contribution in [0.2, 0.25) is 0 Å². The highest BCUT2D eigenvalue weighted by Crippen LogP contribution is 2.42. The van der Waals surface area contributed by atoms with Gasteiger partial charge in [0.25, 0.3) is 0 Å². The van der Waals surface area contributed by atoms with E-state index >= 15 is 0 Å². The van der Waals surface area contributed by atoms with Gasteiger partial charge < -0.3 is 14.8 Å². The molecule has 6 heteroatoms. The van der Waals surface area contributed by atoms with E-state index in [0.29, 0.717) is 13.0 Å². The monoisotopic (exact) mass is 517 g/mol. The lowest BCUT2D eigenvalue weighted by Gasteiger charge is -2.47. The van der Waals surface area contributed by atoms with Crippen LogP contribution in [0.3, 0.4) is 0 Å². The Balaban J connectivity index is 1.38. The van der Waals surface area contributed by atoms with Crippen molar-refractivity contribution in [1.29, 1.82) is 0 Å². The Bertz CT molecular complexity index is 1290. The van der Waals surface area contributed by atoms with E-state index in [0.717, 1.165) is 51.5 Å². The Labute approximate surface area is 207 Å². The fourth-order valence-electron chi connectivity index (χ4n) is 5.91. The van der Waals surface area contributed by atoms with E-state index in [2.05, 4.69) is 39.1 Å². The number of carbonyl (C=O) groups is 2. The minimum absolute atomic E-state index is 0.0273. The third-order valence-corrected chi connectivity index (χ3v) is 8.14. The molecule has 1 unspecified atom stereocenters. The zero-order chi connectivity index (χ0) is 23.2. The number of aromatic amines is 1. The molecule has 34 heavy (non-hydrogen) atoms. The smallest absolute Gasteiger partial charge is 0.246 e. The number of para-hydroxylation sites is 1. The van der Waals surface area contributed by atoms with Gasteiger partial charge in [0.05, 0.1) is 12.6 Å². The largest absolute Gasteiger partial charge is 0.356 e. The molecule has 2 atom stereocenters. The van der Waals surface area contributed by atoms with Gasteiger partial charge in [-0.25, -0.2) is 0 Å². The molecule has 2 amide bonds. The first kappa shape index (κ1) is 21.7. The number of allylic oxidation sites excluding steroid dienone is 1. The molecule has 3 aromatic rings. The number of halogens is 1. The predicted molar refractivity (Wildman–Crippen MR) is 136 cm³/mol. The molecule has 0 saturated carbocycles. The van der Waals surface area contributed by atoms with Gasteiger partial charge in [-0.1, -0.05) is 57.9 Å². The van der Waals surface area contributed by atoms with Crippen LogP contribution in [-0.4, -0.2) is 45.7 Å². The van der Waals surface area contributed by atoms with E-state index in [9.17, 15) is 9.59 Å². The molecule has 3 aliphatic rings. The van der Waals surface area contributed by atoms with Crippen molar-refractivity contribution in [2.45, 2.75) is 50.6 Å². The van der Waals surface area contributed by atoms with Gasteiger partial charge in [-0.15, -0.1) is 0 Å². The van der Waals surface area contributed by atoms with Crippen LogP contribution in [0.25, 0.3) is 10.9 Å². The molecular formula is C28H28BrN3O2. The summed E-state index contributed by atoms with van der Waals surface area (Å²) in [6, 6.07) is 15.6. The summed E-state index contributed by atoms with van der Waals surface area (Å²) in [7, 11) is 0. The fourth-order valence-corrected chi connectivity index (χ4v) is 6.18. The highest BCUT2D eigenvalue weighted by atomic mass is 79.9. The van der Waals surface area contributed by atoms with Crippen molar-refractivity contribution in [3.05, 3.63) is 81.5 Å². The number of hydrogen-bond acceptors (Lipinski definition) is 2. The molecule has 1 N–H and O–H groups in total. The van der Waals surface area contributed by atoms with Crippen LogP contribution in [0, 0.1) is 0 Å². The van der Waals surface area contributed by atoms with Gasteiger partial charge in [-0.3, -0.25) is 9.59 Å². The van der Waals surface area contributed by atoms with Crippen molar-refractivity contribution in [1.82, 2.24) is 14.8 Å².